The third kappa shape index (κ3) is 4.28. The van der Waals surface area contributed by atoms with Crippen LogP contribution in [0.3, 0.4) is 0 Å². The Labute approximate surface area is 188 Å². The number of amides is 1. The Morgan fingerprint density at radius 3 is 2.38 bits per heavy atom. The first-order valence-electron chi connectivity index (χ1n) is 9.88. The first kappa shape index (κ1) is 22.8. The van der Waals surface area contributed by atoms with E-state index in [4.69, 9.17) is 11.6 Å². The molecule has 1 aromatic carbocycles. The van der Waals surface area contributed by atoms with Crippen molar-refractivity contribution in [3.05, 3.63) is 46.6 Å². The minimum absolute atomic E-state index is 0.0590. The summed E-state index contributed by atoms with van der Waals surface area (Å²) < 4.78 is 66.8. The number of carbonyl (C=O) groups excluding carboxylic acids is 1. The Hall–Kier alpha value is -2.37. The number of fused-ring (bicyclic) bond motifs is 1. The summed E-state index contributed by atoms with van der Waals surface area (Å²) in [6.07, 6.45) is -3.98. The van der Waals surface area contributed by atoms with E-state index in [1.54, 1.807) is 21.9 Å². The number of hydrogen-bond donors (Lipinski definition) is 0. The normalized spacial score (nSPS) is 17.5. The van der Waals surface area contributed by atoms with Crippen LogP contribution in [0.25, 0.3) is 0 Å². The van der Waals surface area contributed by atoms with Crippen LogP contribution in [0.5, 0.6) is 0 Å². The lowest BCUT2D eigenvalue weighted by atomic mass is 10.2. The maximum Gasteiger partial charge on any atom is 0.416 e. The second-order valence-electron chi connectivity index (χ2n) is 7.64. The van der Waals surface area contributed by atoms with Gasteiger partial charge in [-0.25, -0.2) is 13.4 Å². The lowest BCUT2D eigenvalue weighted by molar-refractivity contribution is -0.137. The second-order valence-corrected chi connectivity index (χ2v) is 9.96. The molecule has 12 heteroatoms. The quantitative estimate of drug-likeness (QED) is 0.620. The Kier molecular flexibility index (Phi) is 5.84. The standard InChI is InChI=1S/C20H20ClF3N4O3S/c1-13(29)28-5-4-14-10-16(2-3-17(14)28)32(30,31)27-8-6-26(7-9-27)19-12-15(20(22,23)24)11-18(21)25-19/h2-3,10-12H,4-9H2,1H3. The number of pyridine rings is 1. The van der Waals surface area contributed by atoms with Gasteiger partial charge in [-0.05, 0) is 42.3 Å². The minimum atomic E-state index is -4.56. The van der Waals surface area contributed by atoms with E-state index in [1.807, 2.05) is 0 Å². The lowest BCUT2D eigenvalue weighted by Crippen LogP contribution is -2.49. The number of alkyl halides is 3. The third-order valence-electron chi connectivity index (χ3n) is 5.63. The molecule has 0 radical (unpaired) electrons. The average Bonchev–Trinajstić information content (AvgIpc) is 3.16. The van der Waals surface area contributed by atoms with Gasteiger partial charge in [0.25, 0.3) is 0 Å². The van der Waals surface area contributed by atoms with Crippen LogP contribution >= 0.6 is 11.6 Å². The van der Waals surface area contributed by atoms with Gasteiger partial charge in [-0.2, -0.15) is 17.5 Å². The summed E-state index contributed by atoms with van der Waals surface area (Å²) in [7, 11) is -3.79. The van der Waals surface area contributed by atoms with Crippen molar-refractivity contribution in [2.45, 2.75) is 24.4 Å². The van der Waals surface area contributed by atoms with Gasteiger partial charge >= 0.3 is 6.18 Å². The van der Waals surface area contributed by atoms with E-state index in [1.165, 1.54) is 17.3 Å². The zero-order valence-corrected chi connectivity index (χ0v) is 18.6. The summed E-state index contributed by atoms with van der Waals surface area (Å²) in [6, 6.07) is 6.38. The molecule has 0 spiro atoms. The van der Waals surface area contributed by atoms with Crippen LogP contribution in [-0.4, -0.2) is 56.3 Å². The fourth-order valence-electron chi connectivity index (χ4n) is 3.98. The maximum atomic E-state index is 13.1. The molecule has 1 saturated heterocycles. The van der Waals surface area contributed by atoms with E-state index in [0.717, 1.165) is 17.7 Å². The van der Waals surface area contributed by atoms with Crippen molar-refractivity contribution in [2.75, 3.05) is 42.5 Å². The molecule has 2 aliphatic rings. The van der Waals surface area contributed by atoms with Crippen LogP contribution in [-0.2, 0) is 27.4 Å². The van der Waals surface area contributed by atoms with Crippen molar-refractivity contribution in [3.8, 4) is 0 Å². The highest BCUT2D eigenvalue weighted by Crippen LogP contribution is 2.34. The summed E-state index contributed by atoms with van der Waals surface area (Å²) in [6.45, 7) is 2.51. The number of hydrogen-bond acceptors (Lipinski definition) is 5. The summed E-state index contributed by atoms with van der Waals surface area (Å²) in [5.41, 5.74) is 0.608. The monoisotopic (exact) mass is 488 g/mol. The molecule has 1 aromatic heterocycles. The Morgan fingerprint density at radius 1 is 1.06 bits per heavy atom. The molecule has 172 valence electrons. The zero-order chi connectivity index (χ0) is 23.3. The van der Waals surface area contributed by atoms with Crippen molar-refractivity contribution >= 4 is 39.0 Å². The number of halogens is 4. The lowest BCUT2D eigenvalue weighted by Gasteiger charge is -2.35. The summed E-state index contributed by atoms with van der Waals surface area (Å²) in [5.74, 6) is -0.0393. The van der Waals surface area contributed by atoms with Gasteiger partial charge in [-0.3, -0.25) is 4.79 Å². The molecule has 4 rings (SSSR count). The fraction of sp³-hybridized carbons (Fsp3) is 0.400. The SMILES string of the molecule is CC(=O)N1CCc2cc(S(=O)(=O)N3CCN(c4cc(C(F)(F)F)cc(Cl)n4)CC3)ccc21. The first-order chi connectivity index (χ1) is 15.0. The number of benzene rings is 1. The molecule has 1 fully saturated rings. The number of carbonyl (C=O) groups is 1. The van der Waals surface area contributed by atoms with E-state index in [9.17, 15) is 26.4 Å². The number of sulfonamides is 1. The van der Waals surface area contributed by atoms with E-state index in [2.05, 4.69) is 4.98 Å². The smallest absolute Gasteiger partial charge is 0.354 e. The molecule has 3 heterocycles. The van der Waals surface area contributed by atoms with Crippen LogP contribution in [0.1, 0.15) is 18.1 Å². The molecule has 0 saturated carbocycles. The van der Waals surface area contributed by atoms with Gasteiger partial charge in [0.2, 0.25) is 15.9 Å². The second kappa shape index (κ2) is 8.20. The third-order valence-corrected chi connectivity index (χ3v) is 7.72. The molecule has 2 aromatic rings. The van der Waals surface area contributed by atoms with Gasteiger partial charge in [0, 0.05) is 45.3 Å². The molecule has 0 bridgehead atoms. The number of anilines is 2. The summed E-state index contributed by atoms with van der Waals surface area (Å²) in [5, 5.41) is -0.275. The average molecular weight is 489 g/mol. The van der Waals surface area contributed by atoms with Crippen molar-refractivity contribution < 1.29 is 26.4 Å². The fourth-order valence-corrected chi connectivity index (χ4v) is 5.66. The molecular formula is C20H20ClF3N4O3S. The largest absolute Gasteiger partial charge is 0.416 e. The van der Waals surface area contributed by atoms with Crippen molar-refractivity contribution in [2.24, 2.45) is 0 Å². The number of nitrogens with zero attached hydrogens (tertiary/aromatic N) is 4. The van der Waals surface area contributed by atoms with Gasteiger partial charge in [-0.15, -0.1) is 0 Å². The molecule has 1 amide bonds. The molecule has 0 unspecified atom stereocenters. The van der Waals surface area contributed by atoms with E-state index < -0.39 is 21.8 Å². The van der Waals surface area contributed by atoms with Crippen molar-refractivity contribution in [1.29, 1.82) is 0 Å². The minimum Gasteiger partial charge on any atom is -0.354 e. The van der Waals surface area contributed by atoms with E-state index in [0.29, 0.717) is 18.7 Å². The number of piperazine rings is 1. The van der Waals surface area contributed by atoms with Crippen LogP contribution < -0.4 is 9.80 Å². The summed E-state index contributed by atoms with van der Waals surface area (Å²) >= 11 is 5.76. The van der Waals surface area contributed by atoms with Gasteiger partial charge in [0.1, 0.15) is 11.0 Å². The first-order valence-corrected chi connectivity index (χ1v) is 11.7. The van der Waals surface area contributed by atoms with E-state index >= 15 is 0 Å². The van der Waals surface area contributed by atoms with Crippen LogP contribution in [0.4, 0.5) is 24.7 Å². The highest BCUT2D eigenvalue weighted by atomic mass is 35.5. The van der Waals surface area contributed by atoms with Crippen molar-refractivity contribution in [1.82, 2.24) is 9.29 Å². The highest BCUT2D eigenvalue weighted by molar-refractivity contribution is 7.89. The predicted molar refractivity (Wildman–Crippen MR) is 113 cm³/mol. The summed E-state index contributed by atoms with van der Waals surface area (Å²) in [4.78, 5) is 19.0. The van der Waals surface area contributed by atoms with Crippen LogP contribution in [0, 0.1) is 0 Å². The van der Waals surface area contributed by atoms with Crippen molar-refractivity contribution in [3.63, 3.8) is 0 Å². The molecule has 7 nitrogen and oxygen atoms in total. The van der Waals surface area contributed by atoms with Crippen LogP contribution in [0.15, 0.2) is 35.2 Å². The van der Waals surface area contributed by atoms with Gasteiger partial charge in [-0.1, -0.05) is 11.6 Å². The molecular weight excluding hydrogens is 469 g/mol. The molecule has 32 heavy (non-hydrogen) atoms. The van der Waals surface area contributed by atoms with Crippen LogP contribution in [0.2, 0.25) is 5.15 Å². The van der Waals surface area contributed by atoms with Gasteiger partial charge < -0.3 is 9.80 Å². The van der Waals surface area contributed by atoms with E-state index in [-0.39, 0.29) is 48.0 Å². The molecule has 0 N–H and O–H groups in total. The predicted octanol–water partition coefficient (Wildman–Crippen LogP) is 3.17. The Balaban J connectivity index is 1.50. The number of aromatic nitrogens is 1. The number of rotatable bonds is 3. The molecule has 0 aliphatic carbocycles. The molecule has 0 atom stereocenters. The zero-order valence-electron chi connectivity index (χ0n) is 17.1. The molecule has 2 aliphatic heterocycles. The van der Waals surface area contributed by atoms with Gasteiger partial charge in [0.05, 0.1) is 10.5 Å². The maximum absolute atomic E-state index is 13.1. The van der Waals surface area contributed by atoms with Gasteiger partial charge in [0.15, 0.2) is 0 Å². The topological polar surface area (TPSA) is 73.8 Å². The highest BCUT2D eigenvalue weighted by Gasteiger charge is 2.34. The Morgan fingerprint density at radius 2 is 1.75 bits per heavy atom. The Bertz CT molecular complexity index is 1170.